The van der Waals surface area contributed by atoms with Gasteiger partial charge >= 0.3 is 7.82 Å². The highest BCUT2D eigenvalue weighted by atomic mass is 31.2. The number of carbonyl (C=O) groups excluding carboxylic acids is 1. The number of hydrogen-bond donors (Lipinski definition) is 3. The number of hydrogen-bond acceptors (Lipinski definition) is 5. The third-order valence-electron chi connectivity index (χ3n) is 14.8. The van der Waals surface area contributed by atoms with Gasteiger partial charge in [0.1, 0.15) is 13.2 Å². The van der Waals surface area contributed by atoms with Crippen LogP contribution in [0.25, 0.3) is 0 Å². The molecule has 3 unspecified atom stereocenters. The van der Waals surface area contributed by atoms with Gasteiger partial charge in [0, 0.05) is 6.42 Å². The second-order valence-corrected chi connectivity index (χ2v) is 24.9. The van der Waals surface area contributed by atoms with Gasteiger partial charge in [-0.05, 0) is 57.8 Å². The normalized spacial score (nSPS) is 14.0. The van der Waals surface area contributed by atoms with Crippen LogP contribution in [-0.4, -0.2) is 73.4 Å². The maximum absolute atomic E-state index is 13.0. The molecule has 0 saturated carbocycles. The third kappa shape index (κ3) is 58.4. The number of nitrogens with zero attached hydrogens (tertiary/aromatic N) is 1. The summed E-state index contributed by atoms with van der Waals surface area (Å²) < 4.78 is 23.7. The van der Waals surface area contributed by atoms with Gasteiger partial charge in [0.05, 0.1) is 39.9 Å². The van der Waals surface area contributed by atoms with Gasteiger partial charge in [0.2, 0.25) is 5.91 Å². The number of carbonyl (C=O) groups is 1. The lowest BCUT2D eigenvalue weighted by atomic mass is 10.0. The number of nitrogens with one attached hydrogen (secondary N) is 1. The smallest absolute Gasteiger partial charge is 0.387 e. The minimum atomic E-state index is -4.35. The van der Waals surface area contributed by atoms with Crippen molar-refractivity contribution in [2.24, 2.45) is 0 Å². The average molecular weight is 1060 g/mol. The van der Waals surface area contributed by atoms with E-state index in [9.17, 15) is 19.4 Å². The Morgan fingerprint density at radius 2 is 0.743 bits per heavy atom. The van der Waals surface area contributed by atoms with Crippen LogP contribution in [0.15, 0.2) is 36.5 Å². The number of phosphoric ester groups is 1. The summed E-state index contributed by atoms with van der Waals surface area (Å²) in [6.07, 6.45) is 74.3. The SMILES string of the molecule is CCCCCCCCCC/C=C\CCCCCCCCCCCCCCCCCCCCCCCCCC(=O)NC(COP(=O)(O)OCC[N+](C)(C)C)C(O)/C=C/CC/C=C/CCCCCCCCCCCCC. The quantitative estimate of drug-likeness (QED) is 0.0243. The van der Waals surface area contributed by atoms with E-state index in [0.29, 0.717) is 17.4 Å². The van der Waals surface area contributed by atoms with Gasteiger partial charge in [0.15, 0.2) is 0 Å². The molecule has 0 aliphatic heterocycles. The van der Waals surface area contributed by atoms with Gasteiger partial charge in [-0.3, -0.25) is 13.8 Å². The predicted octanol–water partition coefficient (Wildman–Crippen LogP) is 20.1. The van der Waals surface area contributed by atoms with Crippen LogP contribution in [-0.2, 0) is 18.4 Å². The zero-order valence-electron chi connectivity index (χ0n) is 50.1. The number of amides is 1. The molecule has 0 bridgehead atoms. The molecule has 0 radical (unpaired) electrons. The highest BCUT2D eigenvalue weighted by molar-refractivity contribution is 7.47. The van der Waals surface area contributed by atoms with Crippen LogP contribution in [0.2, 0.25) is 0 Å². The second kappa shape index (κ2) is 56.4. The van der Waals surface area contributed by atoms with Gasteiger partial charge in [-0.25, -0.2) is 4.57 Å². The Bertz CT molecular complexity index is 1300. The van der Waals surface area contributed by atoms with E-state index in [0.717, 1.165) is 38.5 Å². The van der Waals surface area contributed by atoms with Crippen molar-refractivity contribution in [1.29, 1.82) is 0 Å². The topological polar surface area (TPSA) is 105 Å². The Labute approximate surface area is 461 Å². The number of unbranched alkanes of at least 4 members (excludes halogenated alkanes) is 43. The Kier molecular flexibility index (Phi) is 55.5. The summed E-state index contributed by atoms with van der Waals surface area (Å²) in [6.45, 7) is 4.83. The Hall–Kier alpha value is -1.28. The Morgan fingerprint density at radius 3 is 1.08 bits per heavy atom. The third-order valence-corrected chi connectivity index (χ3v) is 15.8. The molecule has 0 aromatic rings. The van der Waals surface area contributed by atoms with Gasteiger partial charge in [-0.15, -0.1) is 0 Å². The summed E-state index contributed by atoms with van der Waals surface area (Å²) in [5.74, 6) is -0.181. The molecule has 8 nitrogen and oxygen atoms in total. The molecule has 0 rings (SSSR count). The van der Waals surface area contributed by atoms with E-state index in [-0.39, 0.29) is 19.1 Å². The standard InChI is InChI=1S/C65H127N2O6P/c1-6-8-10-12-14-16-18-20-22-24-25-26-27-28-29-30-31-32-33-34-35-36-37-38-39-40-41-43-45-47-49-51-53-55-57-59-65(69)66-63(62-73-74(70,71)72-61-60-67(3,4)5)64(68)58-56-54-52-50-48-46-44-42-23-21-19-17-15-13-11-9-7-2/h24-25,48,50,56,58,63-64,68H,6-23,26-47,49,51-55,57,59-62H2,1-5H3,(H-,66,69,70,71)/p+1/b25-24-,50-48+,58-56+. The van der Waals surface area contributed by atoms with Crippen molar-refractivity contribution in [3.63, 3.8) is 0 Å². The van der Waals surface area contributed by atoms with Crippen molar-refractivity contribution in [2.45, 2.75) is 334 Å². The summed E-state index contributed by atoms with van der Waals surface area (Å²) in [4.78, 5) is 23.3. The molecular weight excluding hydrogens is 936 g/mol. The molecule has 3 N–H and O–H groups in total. The van der Waals surface area contributed by atoms with E-state index in [4.69, 9.17) is 9.05 Å². The van der Waals surface area contributed by atoms with E-state index >= 15 is 0 Å². The van der Waals surface area contributed by atoms with Crippen molar-refractivity contribution < 1.29 is 32.9 Å². The molecule has 0 spiro atoms. The average Bonchev–Trinajstić information content (AvgIpc) is 3.36. The second-order valence-electron chi connectivity index (χ2n) is 23.5. The molecule has 0 fully saturated rings. The first-order valence-electron chi connectivity index (χ1n) is 32.4. The van der Waals surface area contributed by atoms with Crippen molar-refractivity contribution in [2.75, 3.05) is 40.9 Å². The summed E-state index contributed by atoms with van der Waals surface area (Å²) in [7, 11) is 1.57. The van der Waals surface area contributed by atoms with Gasteiger partial charge in [-0.2, -0.15) is 0 Å². The molecule has 0 aromatic heterocycles. The number of allylic oxidation sites excluding steroid dienone is 5. The first kappa shape index (κ1) is 72.7. The number of phosphoric acid groups is 1. The maximum atomic E-state index is 13.0. The minimum Gasteiger partial charge on any atom is -0.387 e. The molecule has 9 heteroatoms. The number of quaternary nitrogens is 1. The predicted molar refractivity (Wildman–Crippen MR) is 323 cm³/mol. The lowest BCUT2D eigenvalue weighted by Gasteiger charge is -2.25. The Balaban J connectivity index is 3.99. The fourth-order valence-corrected chi connectivity index (χ4v) is 10.5. The van der Waals surface area contributed by atoms with E-state index in [2.05, 4.69) is 43.5 Å². The molecule has 0 aromatic carbocycles. The lowest BCUT2D eigenvalue weighted by Crippen LogP contribution is -2.45. The summed E-state index contributed by atoms with van der Waals surface area (Å²) in [5, 5.41) is 13.9. The largest absolute Gasteiger partial charge is 0.472 e. The van der Waals surface area contributed by atoms with Crippen LogP contribution >= 0.6 is 7.82 Å². The van der Waals surface area contributed by atoms with Crippen LogP contribution in [0, 0.1) is 0 Å². The molecule has 438 valence electrons. The summed E-state index contributed by atoms with van der Waals surface area (Å²) in [6, 6.07) is -0.861. The van der Waals surface area contributed by atoms with Crippen LogP contribution in [0.1, 0.15) is 322 Å². The minimum absolute atomic E-state index is 0.0580. The zero-order chi connectivity index (χ0) is 54.2. The van der Waals surface area contributed by atoms with Crippen LogP contribution in [0.3, 0.4) is 0 Å². The maximum Gasteiger partial charge on any atom is 0.472 e. The lowest BCUT2D eigenvalue weighted by molar-refractivity contribution is -0.870. The van der Waals surface area contributed by atoms with E-state index in [1.54, 1.807) is 6.08 Å². The first-order chi connectivity index (χ1) is 36.0. The fraction of sp³-hybridized carbons (Fsp3) is 0.892. The van der Waals surface area contributed by atoms with Gasteiger partial charge in [0.25, 0.3) is 0 Å². The zero-order valence-corrected chi connectivity index (χ0v) is 51.0. The molecule has 74 heavy (non-hydrogen) atoms. The van der Waals surface area contributed by atoms with E-state index in [1.165, 1.54) is 263 Å². The number of rotatable bonds is 60. The van der Waals surface area contributed by atoms with Crippen molar-refractivity contribution in [3.8, 4) is 0 Å². The summed E-state index contributed by atoms with van der Waals surface area (Å²) >= 11 is 0. The number of aliphatic hydroxyl groups is 1. The molecule has 0 saturated heterocycles. The Morgan fingerprint density at radius 1 is 0.446 bits per heavy atom. The molecule has 1 amide bonds. The van der Waals surface area contributed by atoms with Crippen LogP contribution < -0.4 is 5.32 Å². The summed E-state index contributed by atoms with van der Waals surface area (Å²) in [5.41, 5.74) is 0. The van der Waals surface area contributed by atoms with Crippen molar-refractivity contribution >= 4 is 13.7 Å². The molecule has 0 aliphatic rings. The molecule has 3 atom stereocenters. The van der Waals surface area contributed by atoms with Crippen LogP contribution in [0.5, 0.6) is 0 Å². The number of aliphatic hydroxyl groups excluding tert-OH is 1. The highest BCUT2D eigenvalue weighted by Gasteiger charge is 2.27. The van der Waals surface area contributed by atoms with Crippen molar-refractivity contribution in [3.05, 3.63) is 36.5 Å². The molecule has 0 aliphatic carbocycles. The first-order valence-corrected chi connectivity index (χ1v) is 33.9. The number of likely N-dealkylation sites (N-methyl/N-ethyl adjacent to an activating group) is 1. The van der Waals surface area contributed by atoms with Gasteiger partial charge in [-0.1, -0.05) is 294 Å². The van der Waals surface area contributed by atoms with Crippen LogP contribution in [0.4, 0.5) is 0 Å². The molecular formula is C65H128N2O6P+. The van der Waals surface area contributed by atoms with E-state index in [1.807, 2.05) is 27.2 Å². The fourth-order valence-electron chi connectivity index (χ4n) is 9.76. The monoisotopic (exact) mass is 1060 g/mol. The van der Waals surface area contributed by atoms with Crippen molar-refractivity contribution in [1.82, 2.24) is 5.32 Å². The highest BCUT2D eigenvalue weighted by Crippen LogP contribution is 2.43. The molecule has 0 heterocycles. The van der Waals surface area contributed by atoms with Gasteiger partial charge < -0.3 is 19.8 Å². The van der Waals surface area contributed by atoms with E-state index < -0.39 is 20.0 Å².